The highest BCUT2D eigenvalue weighted by atomic mass is 16.5. The Labute approximate surface area is 138 Å². The predicted octanol–water partition coefficient (Wildman–Crippen LogP) is -0.337. The number of aromatic amines is 1. The second-order valence-corrected chi connectivity index (χ2v) is 5.41. The van der Waals surface area contributed by atoms with Gasteiger partial charge in [0.05, 0.1) is 5.92 Å². The lowest BCUT2D eigenvalue weighted by Gasteiger charge is -2.24. The summed E-state index contributed by atoms with van der Waals surface area (Å²) in [5.74, 6) is -2.43. The molecule has 1 unspecified atom stereocenters. The number of carbonyl (C=O) groups is 2. The minimum atomic E-state index is -1.04. The minimum Gasteiger partial charge on any atom is -0.481 e. The number of nitrogens with one attached hydrogen (secondary N) is 1. The smallest absolute Gasteiger partial charge is 0.328 e. The molecule has 0 bridgehead atoms. The third kappa shape index (κ3) is 5.05. The third-order valence-corrected chi connectivity index (χ3v) is 3.53. The van der Waals surface area contributed by atoms with Gasteiger partial charge in [0.1, 0.15) is 5.56 Å². The second-order valence-electron chi connectivity index (χ2n) is 5.41. The largest absolute Gasteiger partial charge is 0.481 e. The summed E-state index contributed by atoms with van der Waals surface area (Å²) in [6.07, 6.45) is 1.57. The highest BCUT2D eigenvalue weighted by Crippen LogP contribution is 2.06. The van der Waals surface area contributed by atoms with Gasteiger partial charge in [-0.3, -0.25) is 19.0 Å². The summed E-state index contributed by atoms with van der Waals surface area (Å²) in [5.41, 5.74) is -1.55. The van der Waals surface area contributed by atoms with Crippen LogP contribution in [0.25, 0.3) is 0 Å². The van der Waals surface area contributed by atoms with E-state index in [0.29, 0.717) is 19.6 Å². The summed E-state index contributed by atoms with van der Waals surface area (Å²) in [4.78, 5) is 50.8. The molecule has 0 aliphatic heterocycles. The van der Waals surface area contributed by atoms with Crippen molar-refractivity contribution in [2.75, 3.05) is 26.3 Å². The Hall–Kier alpha value is -2.42. The highest BCUT2D eigenvalue weighted by molar-refractivity contribution is 5.93. The Morgan fingerprint density at radius 2 is 2.08 bits per heavy atom. The molecule has 1 rings (SSSR count). The number of ether oxygens (including phenoxy) is 1. The Bertz CT molecular complexity index is 693. The number of carboxylic acid groups (broad SMARTS) is 1. The molecule has 2 N–H and O–H groups in total. The lowest BCUT2D eigenvalue weighted by Crippen LogP contribution is -2.43. The molecule has 0 saturated carbocycles. The van der Waals surface area contributed by atoms with Gasteiger partial charge in [-0.05, 0) is 13.3 Å². The Kier molecular flexibility index (Phi) is 7.37. The maximum atomic E-state index is 12.6. The van der Waals surface area contributed by atoms with Gasteiger partial charge < -0.3 is 19.7 Å². The van der Waals surface area contributed by atoms with E-state index in [-0.39, 0.29) is 18.7 Å². The van der Waals surface area contributed by atoms with Crippen LogP contribution in [0.5, 0.6) is 0 Å². The topological polar surface area (TPSA) is 122 Å². The van der Waals surface area contributed by atoms with Crippen molar-refractivity contribution in [2.45, 2.75) is 20.3 Å². The van der Waals surface area contributed by atoms with Crippen molar-refractivity contribution in [1.82, 2.24) is 14.5 Å². The Morgan fingerprint density at radius 1 is 1.42 bits per heavy atom. The number of rotatable bonds is 9. The van der Waals surface area contributed by atoms with Crippen LogP contribution < -0.4 is 11.2 Å². The quantitative estimate of drug-likeness (QED) is 0.593. The molecule has 1 atom stereocenters. The molecule has 9 heteroatoms. The van der Waals surface area contributed by atoms with Crippen molar-refractivity contribution in [2.24, 2.45) is 13.0 Å². The van der Waals surface area contributed by atoms with Gasteiger partial charge in [-0.25, -0.2) is 4.79 Å². The zero-order valence-corrected chi connectivity index (χ0v) is 14.1. The van der Waals surface area contributed by atoms with Crippen molar-refractivity contribution in [3.05, 3.63) is 32.6 Å². The van der Waals surface area contributed by atoms with E-state index in [2.05, 4.69) is 4.98 Å². The average molecular weight is 341 g/mol. The fourth-order valence-electron chi connectivity index (χ4n) is 2.08. The standard InChI is InChI=1S/C15H23N3O6/c1-4-24-7-5-6-18(9-10(2)14(21)22)13(20)11-8-16-15(23)17(3)12(11)19/h8,10H,4-7,9H2,1-3H3,(H,16,23)(H,21,22). The first kappa shape index (κ1) is 19.6. The van der Waals surface area contributed by atoms with E-state index in [1.165, 1.54) is 18.9 Å². The van der Waals surface area contributed by atoms with E-state index in [1.807, 2.05) is 6.92 Å². The van der Waals surface area contributed by atoms with Crippen LogP contribution >= 0.6 is 0 Å². The molecule has 0 spiro atoms. The molecule has 0 radical (unpaired) electrons. The van der Waals surface area contributed by atoms with Gasteiger partial charge in [0.2, 0.25) is 0 Å². The Morgan fingerprint density at radius 3 is 2.67 bits per heavy atom. The molecule has 0 aromatic carbocycles. The minimum absolute atomic E-state index is 0.0391. The second kappa shape index (κ2) is 9.02. The van der Waals surface area contributed by atoms with Gasteiger partial charge in [0.15, 0.2) is 0 Å². The van der Waals surface area contributed by atoms with Crippen LogP contribution in [0.2, 0.25) is 0 Å². The van der Waals surface area contributed by atoms with Crippen molar-refractivity contribution in [3.63, 3.8) is 0 Å². The molecular weight excluding hydrogens is 318 g/mol. The van der Waals surface area contributed by atoms with Gasteiger partial charge >= 0.3 is 11.7 Å². The number of aliphatic carboxylic acids is 1. The first-order valence-corrected chi connectivity index (χ1v) is 7.68. The lowest BCUT2D eigenvalue weighted by molar-refractivity contribution is -0.141. The number of H-pyrrole nitrogens is 1. The van der Waals surface area contributed by atoms with Crippen molar-refractivity contribution < 1.29 is 19.4 Å². The van der Waals surface area contributed by atoms with Gasteiger partial charge in [-0.15, -0.1) is 0 Å². The van der Waals surface area contributed by atoms with E-state index in [0.717, 1.165) is 10.8 Å². The molecule has 9 nitrogen and oxygen atoms in total. The van der Waals surface area contributed by atoms with Gasteiger partial charge in [-0.1, -0.05) is 6.92 Å². The summed E-state index contributed by atoms with van der Waals surface area (Å²) in [6.45, 7) is 4.50. The molecule has 0 aliphatic rings. The zero-order chi connectivity index (χ0) is 18.3. The fraction of sp³-hybridized carbons (Fsp3) is 0.600. The van der Waals surface area contributed by atoms with Crippen molar-refractivity contribution >= 4 is 11.9 Å². The van der Waals surface area contributed by atoms with E-state index in [1.54, 1.807) is 0 Å². The van der Waals surface area contributed by atoms with Crippen LogP contribution in [0.3, 0.4) is 0 Å². The molecular formula is C15H23N3O6. The summed E-state index contributed by atoms with van der Waals surface area (Å²) < 4.78 is 6.01. The highest BCUT2D eigenvalue weighted by Gasteiger charge is 2.24. The number of hydrogen-bond acceptors (Lipinski definition) is 5. The Balaban J connectivity index is 3.01. The summed E-state index contributed by atoms with van der Waals surface area (Å²) in [6, 6.07) is 0. The van der Waals surface area contributed by atoms with Crippen molar-refractivity contribution in [3.8, 4) is 0 Å². The van der Waals surface area contributed by atoms with Gasteiger partial charge in [0.25, 0.3) is 11.5 Å². The molecule has 1 aromatic heterocycles. The molecule has 1 amide bonds. The van der Waals surface area contributed by atoms with E-state index >= 15 is 0 Å². The normalized spacial score (nSPS) is 12.0. The monoisotopic (exact) mass is 341 g/mol. The maximum Gasteiger partial charge on any atom is 0.328 e. The number of aromatic nitrogens is 2. The predicted molar refractivity (Wildman–Crippen MR) is 86.1 cm³/mol. The number of amides is 1. The van der Waals surface area contributed by atoms with Gasteiger partial charge in [0, 0.05) is 39.5 Å². The molecule has 1 aromatic rings. The summed E-state index contributed by atoms with van der Waals surface area (Å²) in [5, 5.41) is 9.05. The number of nitrogens with zero attached hydrogens (tertiary/aromatic N) is 2. The van der Waals surface area contributed by atoms with Crippen LogP contribution in [0.4, 0.5) is 0 Å². The molecule has 24 heavy (non-hydrogen) atoms. The SMILES string of the molecule is CCOCCCN(CC(C)C(=O)O)C(=O)c1c[nH]c(=O)n(C)c1=O. The summed E-state index contributed by atoms with van der Waals surface area (Å²) in [7, 11) is 1.26. The first-order chi connectivity index (χ1) is 11.3. The van der Waals surface area contributed by atoms with E-state index in [9.17, 15) is 19.2 Å². The van der Waals surface area contributed by atoms with Crippen LogP contribution in [0.1, 0.15) is 30.6 Å². The maximum absolute atomic E-state index is 12.6. The average Bonchev–Trinajstić information content (AvgIpc) is 2.54. The molecule has 134 valence electrons. The van der Waals surface area contributed by atoms with Gasteiger partial charge in [-0.2, -0.15) is 0 Å². The van der Waals surface area contributed by atoms with Crippen LogP contribution in [0.15, 0.2) is 15.8 Å². The fourth-order valence-corrected chi connectivity index (χ4v) is 2.08. The zero-order valence-electron chi connectivity index (χ0n) is 14.1. The lowest BCUT2D eigenvalue weighted by atomic mass is 10.1. The van der Waals surface area contributed by atoms with Crippen LogP contribution in [-0.2, 0) is 16.6 Å². The summed E-state index contributed by atoms with van der Waals surface area (Å²) >= 11 is 0. The van der Waals surface area contributed by atoms with E-state index < -0.39 is 29.0 Å². The van der Waals surface area contributed by atoms with E-state index in [4.69, 9.17) is 9.84 Å². The molecule has 1 heterocycles. The molecule has 0 aliphatic carbocycles. The number of carbonyl (C=O) groups excluding carboxylic acids is 1. The van der Waals surface area contributed by atoms with Crippen LogP contribution in [0, 0.1) is 5.92 Å². The third-order valence-electron chi connectivity index (χ3n) is 3.53. The number of carboxylic acids is 1. The van der Waals surface area contributed by atoms with Crippen molar-refractivity contribution in [1.29, 1.82) is 0 Å². The van der Waals surface area contributed by atoms with Crippen LogP contribution in [-0.4, -0.2) is 57.7 Å². The number of hydrogen-bond donors (Lipinski definition) is 2. The molecule has 0 fully saturated rings. The molecule has 0 saturated heterocycles. The first-order valence-electron chi connectivity index (χ1n) is 7.68.